The van der Waals surface area contributed by atoms with Gasteiger partial charge in [0.15, 0.2) is 0 Å². The van der Waals surface area contributed by atoms with Crippen LogP contribution in [-0.2, 0) is 0 Å². The Balaban J connectivity index is 2.72. The first-order chi connectivity index (χ1) is 8.54. The summed E-state index contributed by atoms with van der Waals surface area (Å²) in [6.07, 6.45) is 0.614. The molecule has 0 aliphatic heterocycles. The van der Waals surface area contributed by atoms with E-state index in [9.17, 15) is 14.0 Å². The van der Waals surface area contributed by atoms with Crippen LogP contribution in [0.4, 0.5) is 14.9 Å². The normalized spacial score (nSPS) is 9.89. The number of nitrogens with one attached hydrogen (secondary N) is 2. The molecule has 1 rings (SSSR count). The van der Waals surface area contributed by atoms with Crippen LogP contribution in [0.5, 0.6) is 0 Å². The van der Waals surface area contributed by atoms with Gasteiger partial charge in [-0.3, -0.25) is 0 Å². The van der Waals surface area contributed by atoms with Crippen LogP contribution in [0.1, 0.15) is 16.8 Å². The second-order valence-electron chi connectivity index (χ2n) is 3.52. The van der Waals surface area contributed by atoms with Gasteiger partial charge in [0, 0.05) is 6.54 Å². The first-order valence-corrected chi connectivity index (χ1v) is 5.32. The van der Waals surface area contributed by atoms with Gasteiger partial charge < -0.3 is 21.5 Å². The highest BCUT2D eigenvalue weighted by Crippen LogP contribution is 2.16. The van der Waals surface area contributed by atoms with E-state index in [1.165, 1.54) is 6.07 Å². The highest BCUT2D eigenvalue weighted by atomic mass is 19.1. The van der Waals surface area contributed by atoms with E-state index in [0.29, 0.717) is 19.5 Å². The van der Waals surface area contributed by atoms with Gasteiger partial charge >= 0.3 is 12.0 Å². The maximum atomic E-state index is 12.9. The summed E-state index contributed by atoms with van der Waals surface area (Å²) >= 11 is 0. The van der Waals surface area contributed by atoms with Gasteiger partial charge in [0.05, 0.1) is 11.3 Å². The predicted molar refractivity (Wildman–Crippen MR) is 64.1 cm³/mol. The number of carboxylic acid groups (broad SMARTS) is 1. The number of anilines is 1. The average Bonchev–Trinajstić information content (AvgIpc) is 2.31. The van der Waals surface area contributed by atoms with E-state index in [-0.39, 0.29) is 11.3 Å². The smallest absolute Gasteiger partial charge is 0.337 e. The Morgan fingerprint density at radius 2 is 2.11 bits per heavy atom. The van der Waals surface area contributed by atoms with Gasteiger partial charge in [0.25, 0.3) is 0 Å². The molecule has 1 aromatic rings. The molecule has 18 heavy (non-hydrogen) atoms. The number of amides is 2. The number of benzene rings is 1. The molecule has 0 fully saturated rings. The molecule has 0 unspecified atom stereocenters. The van der Waals surface area contributed by atoms with Gasteiger partial charge in [0.1, 0.15) is 5.82 Å². The molecule has 0 spiro atoms. The molecule has 0 aromatic heterocycles. The third-order valence-corrected chi connectivity index (χ3v) is 2.13. The fourth-order valence-electron chi connectivity index (χ4n) is 1.27. The Bertz CT molecular complexity index is 451. The molecule has 1 aromatic carbocycles. The van der Waals surface area contributed by atoms with Gasteiger partial charge in [0.2, 0.25) is 0 Å². The van der Waals surface area contributed by atoms with E-state index in [1.54, 1.807) is 0 Å². The lowest BCUT2D eigenvalue weighted by Crippen LogP contribution is -2.31. The lowest BCUT2D eigenvalue weighted by molar-refractivity contribution is 0.0697. The number of nitrogens with two attached hydrogens (primary N) is 1. The summed E-state index contributed by atoms with van der Waals surface area (Å²) in [5.41, 5.74) is 4.99. The summed E-state index contributed by atoms with van der Waals surface area (Å²) in [6, 6.07) is 2.55. The van der Waals surface area contributed by atoms with E-state index in [1.807, 2.05) is 0 Å². The molecule has 0 atom stereocenters. The average molecular weight is 255 g/mol. The summed E-state index contributed by atoms with van der Waals surface area (Å²) in [5, 5.41) is 13.7. The number of carbonyl (C=O) groups is 2. The lowest BCUT2D eigenvalue weighted by Gasteiger charge is -2.09. The molecule has 7 heteroatoms. The van der Waals surface area contributed by atoms with Crippen molar-refractivity contribution in [3.05, 3.63) is 29.6 Å². The lowest BCUT2D eigenvalue weighted by atomic mass is 10.2. The van der Waals surface area contributed by atoms with Crippen molar-refractivity contribution in [3.8, 4) is 0 Å². The Morgan fingerprint density at radius 3 is 2.72 bits per heavy atom. The number of carboxylic acids is 1. The van der Waals surface area contributed by atoms with Crippen LogP contribution in [0, 0.1) is 5.82 Å². The van der Waals surface area contributed by atoms with Crippen molar-refractivity contribution in [2.24, 2.45) is 5.73 Å². The maximum Gasteiger partial charge on any atom is 0.337 e. The van der Waals surface area contributed by atoms with E-state index >= 15 is 0 Å². The summed E-state index contributed by atoms with van der Waals surface area (Å²) in [5.74, 6) is -1.99. The summed E-state index contributed by atoms with van der Waals surface area (Å²) in [6.45, 7) is 0.823. The minimum Gasteiger partial charge on any atom is -0.478 e. The molecule has 0 radical (unpaired) electrons. The van der Waals surface area contributed by atoms with Crippen molar-refractivity contribution in [3.63, 3.8) is 0 Å². The van der Waals surface area contributed by atoms with Crippen molar-refractivity contribution in [2.45, 2.75) is 6.42 Å². The van der Waals surface area contributed by atoms with E-state index in [4.69, 9.17) is 10.8 Å². The molecule has 98 valence electrons. The second kappa shape index (κ2) is 6.55. The first kappa shape index (κ1) is 13.9. The SMILES string of the molecule is NCCCNC(=O)Nc1ccc(F)cc1C(=O)O. The summed E-state index contributed by atoms with van der Waals surface area (Å²) in [4.78, 5) is 22.3. The van der Waals surface area contributed by atoms with E-state index < -0.39 is 17.8 Å². The van der Waals surface area contributed by atoms with Crippen LogP contribution < -0.4 is 16.4 Å². The Kier molecular flexibility index (Phi) is 5.06. The summed E-state index contributed by atoms with van der Waals surface area (Å²) in [7, 11) is 0. The van der Waals surface area contributed by atoms with Crippen molar-refractivity contribution < 1.29 is 19.1 Å². The molecule has 0 aliphatic carbocycles. The third-order valence-electron chi connectivity index (χ3n) is 2.13. The van der Waals surface area contributed by atoms with E-state index in [2.05, 4.69) is 10.6 Å². The number of urea groups is 1. The van der Waals surface area contributed by atoms with Gasteiger partial charge in [-0.2, -0.15) is 0 Å². The van der Waals surface area contributed by atoms with Crippen molar-refractivity contribution in [2.75, 3.05) is 18.4 Å². The number of rotatable bonds is 5. The minimum atomic E-state index is -1.31. The van der Waals surface area contributed by atoms with Gasteiger partial charge in [-0.05, 0) is 31.2 Å². The topological polar surface area (TPSA) is 104 Å². The van der Waals surface area contributed by atoms with Crippen LogP contribution in [0.25, 0.3) is 0 Å². The zero-order chi connectivity index (χ0) is 13.5. The van der Waals surface area contributed by atoms with Crippen molar-refractivity contribution >= 4 is 17.7 Å². The minimum absolute atomic E-state index is 0.0362. The quantitative estimate of drug-likeness (QED) is 0.589. The molecular weight excluding hydrogens is 241 g/mol. The standard InChI is InChI=1S/C11H14FN3O3/c12-7-2-3-9(8(6-7)10(16)17)15-11(18)14-5-1-4-13/h2-3,6H,1,4-5,13H2,(H,16,17)(H2,14,15,18). The zero-order valence-corrected chi connectivity index (χ0v) is 9.57. The third kappa shape index (κ3) is 4.02. The number of halogens is 1. The molecule has 5 N–H and O–H groups in total. The monoisotopic (exact) mass is 255 g/mol. The number of carbonyl (C=O) groups excluding carboxylic acids is 1. The molecule has 2 amide bonds. The Hall–Kier alpha value is -2.15. The molecule has 0 aliphatic rings. The van der Waals surface area contributed by atoms with Crippen LogP contribution >= 0.6 is 0 Å². The fraction of sp³-hybridized carbons (Fsp3) is 0.273. The molecule has 0 saturated carbocycles. The van der Waals surface area contributed by atoms with E-state index in [0.717, 1.165) is 12.1 Å². The highest BCUT2D eigenvalue weighted by molar-refractivity contribution is 5.99. The largest absolute Gasteiger partial charge is 0.478 e. The first-order valence-electron chi connectivity index (χ1n) is 5.32. The molecular formula is C11H14FN3O3. The highest BCUT2D eigenvalue weighted by Gasteiger charge is 2.13. The molecule has 0 bridgehead atoms. The van der Waals surface area contributed by atoms with Gasteiger partial charge in [-0.15, -0.1) is 0 Å². The van der Waals surface area contributed by atoms with Crippen LogP contribution in [0.2, 0.25) is 0 Å². The Labute approximate surface area is 103 Å². The fourth-order valence-corrected chi connectivity index (χ4v) is 1.27. The van der Waals surface area contributed by atoms with Crippen molar-refractivity contribution in [1.82, 2.24) is 5.32 Å². The predicted octanol–water partition coefficient (Wildman–Crippen LogP) is 0.994. The second-order valence-corrected chi connectivity index (χ2v) is 3.52. The maximum absolute atomic E-state index is 12.9. The van der Waals surface area contributed by atoms with Crippen LogP contribution in [0.3, 0.4) is 0 Å². The van der Waals surface area contributed by atoms with Crippen molar-refractivity contribution in [1.29, 1.82) is 0 Å². The number of hydrogen-bond acceptors (Lipinski definition) is 3. The number of aromatic carboxylic acids is 1. The summed E-state index contributed by atoms with van der Waals surface area (Å²) < 4.78 is 12.9. The molecule has 0 heterocycles. The van der Waals surface area contributed by atoms with Crippen LogP contribution in [0.15, 0.2) is 18.2 Å². The van der Waals surface area contributed by atoms with Crippen LogP contribution in [-0.4, -0.2) is 30.2 Å². The zero-order valence-electron chi connectivity index (χ0n) is 9.57. The van der Waals surface area contributed by atoms with Gasteiger partial charge in [-0.25, -0.2) is 14.0 Å². The molecule has 6 nitrogen and oxygen atoms in total. The molecule has 0 saturated heterocycles. The Morgan fingerprint density at radius 1 is 1.39 bits per heavy atom. The van der Waals surface area contributed by atoms with Gasteiger partial charge in [-0.1, -0.05) is 0 Å². The number of hydrogen-bond donors (Lipinski definition) is 4.